The summed E-state index contributed by atoms with van der Waals surface area (Å²) in [5.41, 5.74) is 0.489. The van der Waals surface area contributed by atoms with Crippen molar-refractivity contribution in [3.8, 4) is 0 Å². The number of hydrogen-bond donors (Lipinski definition) is 2. The van der Waals surface area contributed by atoms with E-state index in [0.29, 0.717) is 5.69 Å². The van der Waals surface area contributed by atoms with Gasteiger partial charge in [-0.15, -0.1) is 0 Å². The molecule has 0 atom stereocenters. The number of carbonyl (C=O) groups is 1. The monoisotopic (exact) mass is 242 g/mol. The number of nitrogens with one attached hydrogen (secondary N) is 2. The third kappa shape index (κ3) is 2.64. The van der Waals surface area contributed by atoms with Crippen molar-refractivity contribution < 1.29 is 9.18 Å². The van der Waals surface area contributed by atoms with Gasteiger partial charge in [0.05, 0.1) is 5.02 Å². The molecule has 0 unspecified atom stereocenters. The van der Waals surface area contributed by atoms with Crippen LogP contribution in [0.2, 0.25) is 5.02 Å². The van der Waals surface area contributed by atoms with Gasteiger partial charge in [0.1, 0.15) is 5.82 Å². The van der Waals surface area contributed by atoms with Gasteiger partial charge in [0.15, 0.2) is 0 Å². The smallest absolute Gasteiger partial charge is 0.319 e. The summed E-state index contributed by atoms with van der Waals surface area (Å²) in [7, 11) is 0. The van der Waals surface area contributed by atoms with E-state index in [-0.39, 0.29) is 17.1 Å². The lowest BCUT2D eigenvalue weighted by Gasteiger charge is -2.26. The lowest BCUT2D eigenvalue weighted by atomic mass is 9.93. The van der Waals surface area contributed by atoms with Crippen LogP contribution in [0.3, 0.4) is 0 Å². The van der Waals surface area contributed by atoms with Crippen molar-refractivity contribution in [2.24, 2.45) is 0 Å². The zero-order valence-corrected chi connectivity index (χ0v) is 9.35. The molecule has 2 N–H and O–H groups in total. The van der Waals surface area contributed by atoms with E-state index in [1.165, 1.54) is 18.2 Å². The van der Waals surface area contributed by atoms with E-state index in [0.717, 1.165) is 19.3 Å². The number of anilines is 1. The Morgan fingerprint density at radius 1 is 1.44 bits per heavy atom. The molecule has 1 aliphatic rings. The fraction of sp³-hybridized carbons (Fsp3) is 0.364. The Bertz CT molecular complexity index is 407. The maximum atomic E-state index is 12.8. The first kappa shape index (κ1) is 11.2. The van der Waals surface area contributed by atoms with Crippen LogP contribution < -0.4 is 10.6 Å². The van der Waals surface area contributed by atoms with Gasteiger partial charge in [-0.05, 0) is 37.5 Å². The Labute approximate surface area is 98.0 Å². The topological polar surface area (TPSA) is 41.1 Å². The first-order valence-electron chi connectivity index (χ1n) is 5.18. The van der Waals surface area contributed by atoms with Crippen LogP contribution in [-0.4, -0.2) is 12.1 Å². The van der Waals surface area contributed by atoms with Crippen molar-refractivity contribution in [1.29, 1.82) is 0 Å². The Morgan fingerprint density at radius 2 is 2.19 bits per heavy atom. The van der Waals surface area contributed by atoms with Crippen LogP contribution >= 0.6 is 11.6 Å². The zero-order chi connectivity index (χ0) is 11.5. The fourth-order valence-electron chi connectivity index (χ4n) is 1.48. The molecule has 2 rings (SSSR count). The minimum atomic E-state index is -0.494. The Kier molecular flexibility index (Phi) is 3.29. The summed E-state index contributed by atoms with van der Waals surface area (Å²) in [5.74, 6) is -0.494. The molecule has 1 saturated carbocycles. The number of rotatable bonds is 2. The van der Waals surface area contributed by atoms with Gasteiger partial charge in [0.2, 0.25) is 0 Å². The largest absolute Gasteiger partial charge is 0.335 e. The van der Waals surface area contributed by atoms with Gasteiger partial charge in [-0.2, -0.15) is 0 Å². The van der Waals surface area contributed by atoms with Crippen LogP contribution in [0.15, 0.2) is 18.2 Å². The van der Waals surface area contributed by atoms with Crippen molar-refractivity contribution >= 4 is 23.3 Å². The quantitative estimate of drug-likeness (QED) is 0.822. The standard InChI is InChI=1S/C11H12ClFN2O/c12-9-6-8(4-5-10(9)13)15-11(16)14-7-2-1-3-7/h4-7H,1-3H2,(H2,14,15,16). The van der Waals surface area contributed by atoms with E-state index in [1.807, 2.05) is 0 Å². The molecule has 1 aromatic rings. The molecule has 1 aliphatic carbocycles. The predicted molar refractivity (Wildman–Crippen MR) is 61.2 cm³/mol. The van der Waals surface area contributed by atoms with Gasteiger partial charge in [0, 0.05) is 11.7 Å². The zero-order valence-electron chi connectivity index (χ0n) is 8.59. The van der Waals surface area contributed by atoms with E-state index >= 15 is 0 Å². The number of carbonyl (C=O) groups excluding carboxylic acids is 1. The van der Waals surface area contributed by atoms with Crippen LogP contribution in [0.4, 0.5) is 14.9 Å². The molecule has 1 aromatic carbocycles. The van der Waals surface area contributed by atoms with Crippen LogP contribution in [-0.2, 0) is 0 Å². The Morgan fingerprint density at radius 3 is 2.75 bits per heavy atom. The number of amides is 2. The van der Waals surface area contributed by atoms with E-state index in [4.69, 9.17) is 11.6 Å². The molecule has 0 bridgehead atoms. The van der Waals surface area contributed by atoms with Crippen molar-refractivity contribution in [2.45, 2.75) is 25.3 Å². The van der Waals surface area contributed by atoms with Crippen molar-refractivity contribution in [3.63, 3.8) is 0 Å². The van der Waals surface area contributed by atoms with Crippen LogP contribution in [0, 0.1) is 5.82 Å². The van der Waals surface area contributed by atoms with E-state index in [1.54, 1.807) is 0 Å². The van der Waals surface area contributed by atoms with Crippen LogP contribution in [0.25, 0.3) is 0 Å². The van der Waals surface area contributed by atoms with Crippen molar-refractivity contribution in [3.05, 3.63) is 29.0 Å². The Balaban J connectivity index is 1.92. The molecule has 0 aromatic heterocycles. The summed E-state index contributed by atoms with van der Waals surface area (Å²) < 4.78 is 12.8. The molecule has 0 spiro atoms. The Hall–Kier alpha value is -1.29. The number of halogens is 2. The van der Waals surface area contributed by atoms with E-state index in [9.17, 15) is 9.18 Å². The SMILES string of the molecule is O=C(Nc1ccc(F)c(Cl)c1)NC1CCC1. The van der Waals surface area contributed by atoms with E-state index in [2.05, 4.69) is 10.6 Å². The van der Waals surface area contributed by atoms with Crippen molar-refractivity contribution in [2.75, 3.05) is 5.32 Å². The number of benzene rings is 1. The highest BCUT2D eigenvalue weighted by Crippen LogP contribution is 2.20. The second-order valence-electron chi connectivity index (χ2n) is 3.86. The highest BCUT2D eigenvalue weighted by molar-refractivity contribution is 6.31. The normalized spacial score (nSPS) is 15.4. The molecular formula is C11H12ClFN2O. The van der Waals surface area contributed by atoms with E-state index < -0.39 is 5.82 Å². The summed E-state index contributed by atoms with van der Waals surface area (Å²) in [6.45, 7) is 0. The summed E-state index contributed by atoms with van der Waals surface area (Å²) in [4.78, 5) is 11.5. The maximum absolute atomic E-state index is 12.8. The molecule has 5 heteroatoms. The molecule has 0 radical (unpaired) electrons. The lowest BCUT2D eigenvalue weighted by Crippen LogP contribution is -2.41. The third-order valence-electron chi connectivity index (χ3n) is 2.62. The molecule has 1 fully saturated rings. The van der Waals surface area contributed by atoms with Gasteiger partial charge in [-0.25, -0.2) is 9.18 Å². The predicted octanol–water partition coefficient (Wildman–Crippen LogP) is 3.15. The molecule has 0 heterocycles. The summed E-state index contributed by atoms with van der Waals surface area (Å²) in [5, 5.41) is 5.42. The second kappa shape index (κ2) is 4.70. The number of urea groups is 1. The van der Waals surface area contributed by atoms with Gasteiger partial charge >= 0.3 is 6.03 Å². The van der Waals surface area contributed by atoms with Crippen LogP contribution in [0.5, 0.6) is 0 Å². The highest BCUT2D eigenvalue weighted by Gasteiger charge is 2.19. The summed E-state index contributed by atoms with van der Waals surface area (Å²) in [6.07, 6.45) is 3.21. The molecule has 3 nitrogen and oxygen atoms in total. The molecule has 16 heavy (non-hydrogen) atoms. The molecule has 0 saturated heterocycles. The summed E-state index contributed by atoms with van der Waals surface area (Å²) >= 11 is 5.59. The third-order valence-corrected chi connectivity index (χ3v) is 2.91. The molecule has 2 amide bonds. The lowest BCUT2D eigenvalue weighted by molar-refractivity contribution is 0.240. The van der Waals surface area contributed by atoms with Gasteiger partial charge in [0.25, 0.3) is 0 Å². The van der Waals surface area contributed by atoms with Crippen LogP contribution in [0.1, 0.15) is 19.3 Å². The second-order valence-corrected chi connectivity index (χ2v) is 4.26. The molecule has 86 valence electrons. The minimum absolute atomic E-state index is 0.00134. The summed E-state index contributed by atoms with van der Waals surface area (Å²) in [6, 6.07) is 4.09. The average molecular weight is 243 g/mol. The molecular weight excluding hydrogens is 231 g/mol. The van der Waals surface area contributed by atoms with Crippen molar-refractivity contribution in [1.82, 2.24) is 5.32 Å². The first-order valence-corrected chi connectivity index (χ1v) is 5.55. The first-order chi connectivity index (χ1) is 7.65. The number of hydrogen-bond acceptors (Lipinski definition) is 1. The average Bonchev–Trinajstić information content (AvgIpc) is 2.18. The van der Waals surface area contributed by atoms with Gasteiger partial charge < -0.3 is 10.6 Å². The highest BCUT2D eigenvalue weighted by atomic mass is 35.5. The maximum Gasteiger partial charge on any atom is 0.319 e. The minimum Gasteiger partial charge on any atom is -0.335 e. The molecule has 0 aliphatic heterocycles. The van der Waals surface area contributed by atoms with Gasteiger partial charge in [-0.3, -0.25) is 0 Å². The fourth-order valence-corrected chi connectivity index (χ4v) is 1.66. The van der Waals surface area contributed by atoms with Gasteiger partial charge in [-0.1, -0.05) is 11.6 Å².